The van der Waals surface area contributed by atoms with Gasteiger partial charge in [-0.15, -0.1) is 21.8 Å². The summed E-state index contributed by atoms with van der Waals surface area (Å²) < 4.78 is 24.9. The second-order valence-electron chi connectivity index (χ2n) is 5.83. The van der Waals surface area contributed by atoms with Crippen molar-refractivity contribution in [2.24, 2.45) is 0 Å². The van der Waals surface area contributed by atoms with Crippen molar-refractivity contribution in [3.63, 3.8) is 0 Å². The highest BCUT2D eigenvalue weighted by molar-refractivity contribution is 6.16. The van der Waals surface area contributed by atoms with Crippen LogP contribution in [-0.4, -0.2) is 16.1 Å². The van der Waals surface area contributed by atoms with E-state index in [4.69, 9.17) is 20.4 Å². The number of carbonyl (C=O) groups is 1. The molecule has 140 valence electrons. The molecule has 28 heavy (non-hydrogen) atoms. The SMILES string of the molecule is O=C(Nc1cccc(-c2nnc(-c3ccc(CCl)o3)o2)c1)c1ccccc1F. The fourth-order valence-corrected chi connectivity index (χ4v) is 2.72. The Morgan fingerprint density at radius 3 is 2.61 bits per heavy atom. The van der Waals surface area contributed by atoms with E-state index in [9.17, 15) is 9.18 Å². The molecule has 2 heterocycles. The topological polar surface area (TPSA) is 81.2 Å². The van der Waals surface area contributed by atoms with Gasteiger partial charge in [0.15, 0.2) is 5.76 Å². The first-order valence-corrected chi connectivity index (χ1v) is 8.82. The molecule has 0 bridgehead atoms. The third kappa shape index (κ3) is 3.65. The van der Waals surface area contributed by atoms with Crippen LogP contribution in [0.5, 0.6) is 0 Å². The average molecular weight is 398 g/mol. The zero-order valence-electron chi connectivity index (χ0n) is 14.4. The number of hydrogen-bond donors (Lipinski definition) is 1. The molecule has 2 aromatic carbocycles. The van der Waals surface area contributed by atoms with Crippen LogP contribution in [0.25, 0.3) is 23.1 Å². The minimum atomic E-state index is -0.590. The quantitative estimate of drug-likeness (QED) is 0.472. The van der Waals surface area contributed by atoms with Crippen molar-refractivity contribution in [1.82, 2.24) is 10.2 Å². The second kappa shape index (κ2) is 7.66. The number of halogens is 2. The summed E-state index contributed by atoms with van der Waals surface area (Å²) in [6, 6.07) is 16.0. The molecule has 0 aliphatic carbocycles. The summed E-state index contributed by atoms with van der Waals surface area (Å²) >= 11 is 5.72. The molecule has 4 rings (SSSR count). The molecule has 6 nitrogen and oxygen atoms in total. The lowest BCUT2D eigenvalue weighted by Gasteiger charge is -2.06. The number of carbonyl (C=O) groups excluding carboxylic acids is 1. The maximum Gasteiger partial charge on any atom is 0.283 e. The van der Waals surface area contributed by atoms with E-state index in [0.29, 0.717) is 22.8 Å². The van der Waals surface area contributed by atoms with Crippen LogP contribution in [0.3, 0.4) is 0 Å². The fourth-order valence-electron chi connectivity index (χ4n) is 2.58. The maximum absolute atomic E-state index is 13.8. The molecule has 0 radical (unpaired) electrons. The lowest BCUT2D eigenvalue weighted by atomic mass is 10.1. The van der Waals surface area contributed by atoms with Crippen molar-refractivity contribution in [2.75, 3.05) is 5.32 Å². The summed E-state index contributed by atoms with van der Waals surface area (Å²) in [5, 5.41) is 10.6. The van der Waals surface area contributed by atoms with Crippen LogP contribution >= 0.6 is 11.6 Å². The summed E-state index contributed by atoms with van der Waals surface area (Å²) in [5.74, 6) is 0.573. The second-order valence-corrected chi connectivity index (χ2v) is 6.09. The Bertz CT molecular complexity index is 1140. The molecule has 0 saturated heterocycles. The molecule has 0 unspecified atom stereocenters. The molecular formula is C20H13ClFN3O3. The van der Waals surface area contributed by atoms with Crippen LogP contribution in [0, 0.1) is 5.82 Å². The smallest absolute Gasteiger partial charge is 0.283 e. The van der Waals surface area contributed by atoms with Crippen LogP contribution in [0.1, 0.15) is 16.1 Å². The largest absolute Gasteiger partial charge is 0.455 e. The minimum absolute atomic E-state index is 0.0408. The van der Waals surface area contributed by atoms with Crippen LogP contribution in [0.15, 0.2) is 69.5 Å². The van der Waals surface area contributed by atoms with Crippen molar-refractivity contribution >= 4 is 23.2 Å². The van der Waals surface area contributed by atoms with E-state index < -0.39 is 11.7 Å². The number of hydrogen-bond acceptors (Lipinski definition) is 5. The van der Waals surface area contributed by atoms with Gasteiger partial charge in [0, 0.05) is 11.3 Å². The first-order chi connectivity index (χ1) is 13.6. The van der Waals surface area contributed by atoms with Crippen molar-refractivity contribution in [2.45, 2.75) is 5.88 Å². The molecule has 0 aliphatic rings. The molecule has 0 fully saturated rings. The third-order valence-corrected chi connectivity index (χ3v) is 4.18. The Hall–Kier alpha value is -3.45. The fraction of sp³-hybridized carbons (Fsp3) is 0.0500. The Balaban J connectivity index is 1.56. The van der Waals surface area contributed by atoms with E-state index in [1.54, 1.807) is 42.5 Å². The van der Waals surface area contributed by atoms with E-state index in [-0.39, 0.29) is 23.2 Å². The Kier molecular flexibility index (Phi) is 4.90. The van der Waals surface area contributed by atoms with Gasteiger partial charge in [0.1, 0.15) is 11.6 Å². The highest BCUT2D eigenvalue weighted by Crippen LogP contribution is 2.27. The van der Waals surface area contributed by atoms with Crippen LogP contribution < -0.4 is 5.32 Å². The average Bonchev–Trinajstić information content (AvgIpc) is 3.38. The van der Waals surface area contributed by atoms with Crippen molar-refractivity contribution in [3.8, 4) is 23.1 Å². The molecule has 0 atom stereocenters. The molecule has 1 amide bonds. The van der Waals surface area contributed by atoms with E-state index >= 15 is 0 Å². The highest BCUT2D eigenvalue weighted by Gasteiger charge is 2.15. The monoisotopic (exact) mass is 397 g/mol. The van der Waals surface area contributed by atoms with E-state index in [2.05, 4.69) is 15.5 Å². The number of furan rings is 1. The Morgan fingerprint density at radius 1 is 1.00 bits per heavy atom. The lowest BCUT2D eigenvalue weighted by Crippen LogP contribution is -2.13. The number of aromatic nitrogens is 2. The van der Waals surface area contributed by atoms with Crippen LogP contribution in [-0.2, 0) is 5.88 Å². The minimum Gasteiger partial charge on any atom is -0.455 e. The number of benzene rings is 2. The zero-order valence-corrected chi connectivity index (χ0v) is 15.1. The highest BCUT2D eigenvalue weighted by atomic mass is 35.5. The van der Waals surface area contributed by atoms with Gasteiger partial charge in [0.2, 0.25) is 5.89 Å². The van der Waals surface area contributed by atoms with Gasteiger partial charge < -0.3 is 14.2 Å². The summed E-state index contributed by atoms with van der Waals surface area (Å²) in [6.45, 7) is 0. The number of amides is 1. The maximum atomic E-state index is 13.8. The number of alkyl halides is 1. The first kappa shape index (κ1) is 17.9. The Morgan fingerprint density at radius 2 is 1.82 bits per heavy atom. The predicted octanol–water partition coefficient (Wildman–Crippen LogP) is 5.13. The normalized spacial score (nSPS) is 10.8. The van der Waals surface area contributed by atoms with Gasteiger partial charge >= 0.3 is 0 Å². The van der Waals surface area contributed by atoms with Gasteiger partial charge in [0.05, 0.1) is 11.4 Å². The van der Waals surface area contributed by atoms with Crippen molar-refractivity contribution in [3.05, 3.63) is 77.8 Å². The summed E-state index contributed by atoms with van der Waals surface area (Å²) in [5.41, 5.74) is 1.02. The summed E-state index contributed by atoms with van der Waals surface area (Å²) in [6.07, 6.45) is 0. The van der Waals surface area contributed by atoms with Gasteiger partial charge in [-0.05, 0) is 42.5 Å². The van der Waals surface area contributed by atoms with Crippen LogP contribution in [0.4, 0.5) is 10.1 Å². The van der Waals surface area contributed by atoms with Crippen LogP contribution in [0.2, 0.25) is 0 Å². The summed E-state index contributed by atoms with van der Waals surface area (Å²) in [4.78, 5) is 12.3. The van der Waals surface area contributed by atoms with Gasteiger partial charge in [-0.25, -0.2) is 4.39 Å². The number of anilines is 1. The van der Waals surface area contributed by atoms with Gasteiger partial charge in [-0.2, -0.15) is 0 Å². The number of nitrogens with one attached hydrogen (secondary N) is 1. The third-order valence-electron chi connectivity index (χ3n) is 3.92. The standard InChI is InChI=1S/C20H13ClFN3O3/c21-11-14-8-9-17(27-14)20-25-24-19(28-20)12-4-3-5-13(10-12)23-18(26)15-6-1-2-7-16(15)22/h1-10H,11H2,(H,23,26). The van der Waals surface area contributed by atoms with Gasteiger partial charge in [0.25, 0.3) is 11.8 Å². The van der Waals surface area contributed by atoms with Crippen molar-refractivity contribution < 1.29 is 18.0 Å². The molecule has 0 saturated carbocycles. The first-order valence-electron chi connectivity index (χ1n) is 8.29. The molecule has 8 heteroatoms. The molecule has 2 aromatic heterocycles. The molecule has 0 spiro atoms. The van der Waals surface area contributed by atoms with E-state index in [1.807, 2.05) is 0 Å². The lowest BCUT2D eigenvalue weighted by molar-refractivity contribution is 0.102. The number of rotatable bonds is 5. The Labute approximate surface area is 164 Å². The zero-order chi connectivity index (χ0) is 19.5. The predicted molar refractivity (Wildman–Crippen MR) is 101 cm³/mol. The molecular weight excluding hydrogens is 385 g/mol. The molecule has 4 aromatic rings. The van der Waals surface area contributed by atoms with Crippen molar-refractivity contribution in [1.29, 1.82) is 0 Å². The molecule has 1 N–H and O–H groups in total. The number of nitrogens with zero attached hydrogens (tertiary/aromatic N) is 2. The van der Waals surface area contributed by atoms with Gasteiger partial charge in [-0.3, -0.25) is 4.79 Å². The summed E-state index contributed by atoms with van der Waals surface area (Å²) in [7, 11) is 0. The molecule has 0 aliphatic heterocycles. The van der Waals surface area contributed by atoms with E-state index in [1.165, 1.54) is 18.2 Å². The van der Waals surface area contributed by atoms with E-state index in [0.717, 1.165) is 0 Å². The van der Waals surface area contributed by atoms with Gasteiger partial charge in [-0.1, -0.05) is 18.2 Å².